The number of aryl methyl sites for hydroxylation is 1. The molecule has 0 amide bonds. The van der Waals surface area contributed by atoms with E-state index in [1.165, 1.54) is 6.07 Å². The van der Waals surface area contributed by atoms with E-state index in [-0.39, 0.29) is 10.8 Å². The molecule has 0 spiro atoms. The molecule has 0 aliphatic carbocycles. The molecular weight excluding hydrogens is 310 g/mol. The first-order valence-electron chi connectivity index (χ1n) is 6.14. The first-order chi connectivity index (χ1) is 8.83. The van der Waals surface area contributed by atoms with Gasteiger partial charge in [0.25, 0.3) is 0 Å². The van der Waals surface area contributed by atoms with Crippen LogP contribution >= 0.6 is 23.2 Å². The van der Waals surface area contributed by atoms with E-state index in [1.807, 2.05) is 0 Å². The van der Waals surface area contributed by atoms with Crippen molar-refractivity contribution in [1.29, 1.82) is 0 Å². The third kappa shape index (κ3) is 3.06. The maximum atomic E-state index is 13.4. The van der Waals surface area contributed by atoms with E-state index < -0.39 is 26.3 Å². The lowest BCUT2D eigenvalue weighted by Gasteiger charge is -2.27. The smallest absolute Gasteiger partial charge is 0.154 e. The Hall–Kier alpha value is -0.320. The Kier molecular flexibility index (Phi) is 4.43. The van der Waals surface area contributed by atoms with Crippen LogP contribution in [0.3, 0.4) is 0 Å². The number of hydrogen-bond donors (Lipinski definition) is 0. The van der Waals surface area contributed by atoms with E-state index in [4.69, 9.17) is 23.2 Å². The predicted octanol–water partition coefficient (Wildman–Crippen LogP) is 4.03. The zero-order chi connectivity index (χ0) is 14.2. The Morgan fingerprint density at radius 3 is 2.68 bits per heavy atom. The molecule has 0 saturated carbocycles. The van der Waals surface area contributed by atoms with Crippen molar-refractivity contribution in [1.82, 2.24) is 0 Å². The van der Waals surface area contributed by atoms with Crippen molar-refractivity contribution in [2.45, 2.75) is 36.8 Å². The van der Waals surface area contributed by atoms with Gasteiger partial charge in [-0.25, -0.2) is 12.8 Å². The lowest BCUT2D eigenvalue weighted by Crippen LogP contribution is -2.32. The minimum absolute atomic E-state index is 0.165. The molecule has 1 aromatic rings. The second-order valence-corrected chi connectivity index (χ2v) is 8.14. The zero-order valence-electron chi connectivity index (χ0n) is 10.5. The van der Waals surface area contributed by atoms with E-state index in [9.17, 15) is 12.8 Å². The second kappa shape index (κ2) is 5.58. The highest BCUT2D eigenvalue weighted by Gasteiger charge is 2.36. The topological polar surface area (TPSA) is 34.1 Å². The fourth-order valence-electron chi connectivity index (χ4n) is 2.40. The van der Waals surface area contributed by atoms with E-state index in [2.05, 4.69) is 0 Å². The minimum atomic E-state index is -3.19. The van der Waals surface area contributed by atoms with Crippen molar-refractivity contribution < 1.29 is 12.8 Å². The van der Waals surface area contributed by atoms with Crippen LogP contribution < -0.4 is 0 Å². The van der Waals surface area contributed by atoms with Crippen LogP contribution in [0.1, 0.15) is 35.8 Å². The Bertz CT molecular complexity index is 587. The van der Waals surface area contributed by atoms with Crippen molar-refractivity contribution in [3.8, 4) is 0 Å². The quantitative estimate of drug-likeness (QED) is 0.769. The third-order valence-electron chi connectivity index (χ3n) is 3.53. The van der Waals surface area contributed by atoms with Crippen molar-refractivity contribution in [3.05, 3.63) is 34.1 Å². The standard InChI is InChI=1S/C13H15Cl2FO2S/c1-8-6-9(10(14)7-11(8)16)13(15)12-4-2-3-5-19(12,17)18/h6-7,12-13H,2-5H2,1H3. The van der Waals surface area contributed by atoms with Crippen LogP contribution in [0, 0.1) is 12.7 Å². The first-order valence-corrected chi connectivity index (χ1v) is 8.67. The van der Waals surface area contributed by atoms with Crippen molar-refractivity contribution in [3.63, 3.8) is 0 Å². The molecule has 1 fully saturated rings. The number of halogens is 3. The van der Waals surface area contributed by atoms with E-state index in [1.54, 1.807) is 13.0 Å². The van der Waals surface area contributed by atoms with Crippen molar-refractivity contribution >= 4 is 33.0 Å². The van der Waals surface area contributed by atoms with Crippen LogP contribution in [0.15, 0.2) is 12.1 Å². The molecule has 2 rings (SSSR count). The lowest BCUT2D eigenvalue weighted by molar-refractivity contribution is 0.533. The highest BCUT2D eigenvalue weighted by molar-refractivity contribution is 7.92. The largest absolute Gasteiger partial charge is 0.228 e. The Balaban J connectivity index is 2.39. The van der Waals surface area contributed by atoms with Gasteiger partial charge >= 0.3 is 0 Å². The SMILES string of the molecule is Cc1cc(C(Cl)C2CCCCS2(=O)=O)c(Cl)cc1F. The number of alkyl halides is 1. The van der Waals surface area contributed by atoms with Gasteiger partial charge in [-0.2, -0.15) is 0 Å². The van der Waals surface area contributed by atoms with Crippen LogP contribution in [-0.2, 0) is 9.84 Å². The molecule has 0 N–H and O–H groups in total. The molecule has 106 valence electrons. The number of sulfone groups is 1. The number of hydrogen-bond acceptors (Lipinski definition) is 2. The second-order valence-electron chi connectivity index (χ2n) is 4.93. The maximum absolute atomic E-state index is 13.4. The summed E-state index contributed by atoms with van der Waals surface area (Å²) >= 11 is 12.3. The van der Waals surface area contributed by atoms with E-state index >= 15 is 0 Å². The summed E-state index contributed by atoms with van der Waals surface area (Å²) in [6.45, 7) is 1.61. The fraction of sp³-hybridized carbons (Fsp3) is 0.538. The monoisotopic (exact) mass is 324 g/mol. The Labute approximate surface area is 122 Å². The summed E-state index contributed by atoms with van der Waals surface area (Å²) in [4.78, 5) is 0. The highest BCUT2D eigenvalue weighted by Crippen LogP contribution is 2.39. The molecular formula is C13H15Cl2FO2S. The van der Waals surface area contributed by atoms with Crippen molar-refractivity contribution in [2.75, 3.05) is 5.75 Å². The van der Waals surface area contributed by atoms with Gasteiger partial charge in [0.2, 0.25) is 0 Å². The molecule has 2 atom stereocenters. The summed E-state index contributed by atoms with van der Waals surface area (Å²) in [5.74, 6) is -0.247. The van der Waals surface area contributed by atoms with Crippen LogP contribution in [0.2, 0.25) is 5.02 Å². The molecule has 2 nitrogen and oxygen atoms in total. The average Bonchev–Trinajstić information content (AvgIpc) is 2.32. The van der Waals surface area contributed by atoms with Gasteiger partial charge in [-0.05, 0) is 37.0 Å². The van der Waals surface area contributed by atoms with Gasteiger partial charge in [-0.15, -0.1) is 11.6 Å². The van der Waals surface area contributed by atoms with Crippen LogP contribution in [0.25, 0.3) is 0 Å². The maximum Gasteiger partial charge on any atom is 0.154 e. The molecule has 6 heteroatoms. The van der Waals surface area contributed by atoms with Gasteiger partial charge in [0, 0.05) is 5.02 Å². The summed E-state index contributed by atoms with van der Waals surface area (Å²) in [7, 11) is -3.19. The summed E-state index contributed by atoms with van der Waals surface area (Å²) in [5.41, 5.74) is 0.913. The molecule has 1 heterocycles. The summed E-state index contributed by atoms with van der Waals surface area (Å²) in [6.07, 6.45) is 2.05. The van der Waals surface area contributed by atoms with E-state index in [0.717, 1.165) is 6.42 Å². The highest BCUT2D eigenvalue weighted by atomic mass is 35.5. The number of benzene rings is 1. The van der Waals surface area contributed by atoms with Crippen LogP contribution in [-0.4, -0.2) is 19.4 Å². The van der Waals surface area contributed by atoms with Gasteiger partial charge < -0.3 is 0 Å². The molecule has 19 heavy (non-hydrogen) atoms. The Morgan fingerprint density at radius 2 is 2.05 bits per heavy atom. The van der Waals surface area contributed by atoms with Crippen molar-refractivity contribution in [2.24, 2.45) is 0 Å². The molecule has 0 radical (unpaired) electrons. The van der Waals surface area contributed by atoms with Gasteiger partial charge in [0.1, 0.15) is 5.82 Å². The van der Waals surface area contributed by atoms with Gasteiger partial charge in [0.15, 0.2) is 9.84 Å². The van der Waals surface area contributed by atoms with Gasteiger partial charge in [-0.1, -0.05) is 24.1 Å². The minimum Gasteiger partial charge on any atom is -0.228 e. The predicted molar refractivity (Wildman–Crippen MR) is 76.2 cm³/mol. The fourth-order valence-corrected chi connectivity index (χ4v) is 5.45. The third-order valence-corrected chi connectivity index (χ3v) is 6.83. The summed E-state index contributed by atoms with van der Waals surface area (Å²) in [6, 6.07) is 2.73. The number of rotatable bonds is 2. The summed E-state index contributed by atoms with van der Waals surface area (Å²) in [5, 5.41) is -1.17. The van der Waals surface area contributed by atoms with Crippen LogP contribution in [0.4, 0.5) is 4.39 Å². The molecule has 1 aromatic carbocycles. The van der Waals surface area contributed by atoms with E-state index in [0.29, 0.717) is 24.0 Å². The molecule has 1 aliphatic rings. The molecule has 1 aliphatic heterocycles. The van der Waals surface area contributed by atoms with Gasteiger partial charge in [0.05, 0.1) is 16.4 Å². The molecule has 2 unspecified atom stereocenters. The molecule has 1 saturated heterocycles. The normalized spacial score (nSPS) is 24.1. The summed E-state index contributed by atoms with van der Waals surface area (Å²) < 4.78 is 37.5. The van der Waals surface area contributed by atoms with Crippen LogP contribution in [0.5, 0.6) is 0 Å². The van der Waals surface area contributed by atoms with Gasteiger partial charge in [-0.3, -0.25) is 0 Å². The molecule has 0 aromatic heterocycles. The zero-order valence-corrected chi connectivity index (χ0v) is 12.8. The first kappa shape index (κ1) is 15.1. The lowest BCUT2D eigenvalue weighted by atomic mass is 10.0. The molecule has 0 bridgehead atoms. The average molecular weight is 325 g/mol. The Morgan fingerprint density at radius 1 is 1.37 bits per heavy atom.